The Bertz CT molecular complexity index is 775. The molecule has 0 saturated carbocycles. The van der Waals surface area contributed by atoms with E-state index in [9.17, 15) is 9.59 Å². The Morgan fingerprint density at radius 2 is 1.96 bits per heavy atom. The fraction of sp³-hybridized carbons (Fsp3) is 0.263. The van der Waals surface area contributed by atoms with Gasteiger partial charge in [0.05, 0.1) is 10.6 Å². The summed E-state index contributed by atoms with van der Waals surface area (Å²) in [6.07, 6.45) is 1.77. The zero-order chi connectivity index (χ0) is 17.1. The van der Waals surface area contributed by atoms with Gasteiger partial charge in [-0.25, -0.2) is 0 Å². The van der Waals surface area contributed by atoms with Crippen LogP contribution in [0.2, 0.25) is 5.02 Å². The van der Waals surface area contributed by atoms with E-state index in [1.807, 2.05) is 35.2 Å². The lowest BCUT2D eigenvalue weighted by atomic mass is 9.97. The van der Waals surface area contributed by atoms with Gasteiger partial charge in [0.1, 0.15) is 0 Å². The van der Waals surface area contributed by atoms with Crippen molar-refractivity contribution >= 4 is 23.4 Å². The zero-order valence-electron chi connectivity index (χ0n) is 13.2. The molecule has 3 rings (SSSR count). The average Bonchev–Trinajstić information content (AvgIpc) is 3.03. The van der Waals surface area contributed by atoms with Crippen LogP contribution in [0.3, 0.4) is 0 Å². The molecule has 2 aromatic rings. The van der Waals surface area contributed by atoms with E-state index in [0.29, 0.717) is 28.6 Å². The Hall–Kier alpha value is -2.33. The molecule has 0 aromatic heterocycles. The summed E-state index contributed by atoms with van der Waals surface area (Å²) in [6, 6.07) is 14.5. The van der Waals surface area contributed by atoms with Gasteiger partial charge in [-0.3, -0.25) is 9.59 Å². The second kappa shape index (κ2) is 7.05. The first-order valence-corrected chi connectivity index (χ1v) is 8.35. The number of nitrogens with zero attached hydrogens (tertiary/aromatic N) is 1. The topological polar surface area (TPSA) is 63.4 Å². The van der Waals surface area contributed by atoms with Gasteiger partial charge < -0.3 is 10.6 Å². The van der Waals surface area contributed by atoms with Crippen molar-refractivity contribution < 1.29 is 9.59 Å². The lowest BCUT2D eigenvalue weighted by Gasteiger charge is -2.17. The predicted octanol–water partition coefficient (Wildman–Crippen LogP) is 3.14. The number of benzene rings is 2. The Balaban J connectivity index is 1.65. The van der Waals surface area contributed by atoms with E-state index in [1.165, 1.54) is 0 Å². The highest BCUT2D eigenvalue weighted by atomic mass is 35.5. The molecule has 2 N–H and O–H groups in total. The average molecular weight is 343 g/mol. The third kappa shape index (κ3) is 3.60. The molecule has 0 bridgehead atoms. The summed E-state index contributed by atoms with van der Waals surface area (Å²) in [7, 11) is 0. The molecule has 1 atom stereocenters. The number of carbonyl (C=O) groups excluding carboxylic acids is 2. The fourth-order valence-electron chi connectivity index (χ4n) is 3.17. The highest BCUT2D eigenvalue weighted by Gasteiger charge is 2.28. The zero-order valence-corrected chi connectivity index (χ0v) is 14.0. The minimum atomic E-state index is -0.418. The van der Waals surface area contributed by atoms with Gasteiger partial charge in [-0.1, -0.05) is 35.9 Å². The summed E-state index contributed by atoms with van der Waals surface area (Å²) in [5.74, 6) is -0.0626. The molecule has 1 unspecified atom stereocenters. The highest BCUT2D eigenvalue weighted by Crippen LogP contribution is 2.25. The minimum Gasteiger partial charge on any atom is -0.366 e. The second-order valence-electron chi connectivity index (χ2n) is 6.15. The van der Waals surface area contributed by atoms with Crippen molar-refractivity contribution in [2.45, 2.75) is 12.8 Å². The maximum Gasteiger partial charge on any atom is 0.255 e. The Kier molecular flexibility index (Phi) is 4.86. The van der Waals surface area contributed by atoms with Crippen LogP contribution in [0.25, 0.3) is 0 Å². The first-order chi connectivity index (χ1) is 11.5. The number of hydrogen-bond acceptors (Lipinski definition) is 2. The fourth-order valence-corrected chi connectivity index (χ4v) is 3.39. The molecule has 1 aliphatic heterocycles. The standard InChI is InChI=1S/C19H19ClN2O2/c20-17-7-2-1-6-16(17)19(24)22-9-8-14(12-22)10-13-4-3-5-15(11-13)18(21)23/h1-7,11,14H,8-10,12H2,(H2,21,23). The van der Waals surface area contributed by atoms with Crippen LogP contribution in [0.4, 0.5) is 0 Å². The van der Waals surface area contributed by atoms with E-state index in [-0.39, 0.29) is 5.91 Å². The molecule has 24 heavy (non-hydrogen) atoms. The summed E-state index contributed by atoms with van der Waals surface area (Å²) in [6.45, 7) is 1.43. The maximum atomic E-state index is 12.6. The highest BCUT2D eigenvalue weighted by molar-refractivity contribution is 6.33. The molecule has 0 radical (unpaired) electrons. The minimum absolute atomic E-state index is 0.0195. The van der Waals surface area contributed by atoms with Crippen LogP contribution < -0.4 is 5.73 Å². The lowest BCUT2D eigenvalue weighted by molar-refractivity contribution is 0.0787. The molecule has 1 aliphatic rings. The van der Waals surface area contributed by atoms with Crippen molar-refractivity contribution in [2.75, 3.05) is 13.1 Å². The van der Waals surface area contributed by atoms with Crippen molar-refractivity contribution in [3.05, 3.63) is 70.2 Å². The summed E-state index contributed by atoms with van der Waals surface area (Å²) in [5.41, 5.74) is 7.47. The number of halogens is 1. The maximum absolute atomic E-state index is 12.6. The summed E-state index contributed by atoms with van der Waals surface area (Å²) in [4.78, 5) is 25.7. The normalized spacial score (nSPS) is 17.0. The van der Waals surface area contributed by atoms with Crippen LogP contribution in [-0.2, 0) is 6.42 Å². The number of likely N-dealkylation sites (tertiary alicyclic amines) is 1. The molecule has 1 saturated heterocycles. The van der Waals surface area contributed by atoms with Gasteiger partial charge in [-0.05, 0) is 48.6 Å². The predicted molar refractivity (Wildman–Crippen MR) is 94.1 cm³/mol. The molecule has 4 nitrogen and oxygen atoms in total. The van der Waals surface area contributed by atoms with E-state index in [1.54, 1.807) is 18.2 Å². The number of primary amides is 1. The number of amides is 2. The van der Waals surface area contributed by atoms with Crippen molar-refractivity contribution in [1.82, 2.24) is 4.90 Å². The van der Waals surface area contributed by atoms with Crippen LogP contribution in [0.15, 0.2) is 48.5 Å². The Morgan fingerprint density at radius 1 is 1.17 bits per heavy atom. The molecule has 2 aromatic carbocycles. The summed E-state index contributed by atoms with van der Waals surface area (Å²) < 4.78 is 0. The summed E-state index contributed by atoms with van der Waals surface area (Å²) >= 11 is 6.12. The van der Waals surface area contributed by atoms with E-state index < -0.39 is 5.91 Å². The van der Waals surface area contributed by atoms with Crippen LogP contribution >= 0.6 is 11.6 Å². The molecule has 1 heterocycles. The van der Waals surface area contributed by atoms with E-state index in [0.717, 1.165) is 24.9 Å². The number of carbonyl (C=O) groups is 2. The van der Waals surface area contributed by atoms with Crippen molar-refractivity contribution in [3.63, 3.8) is 0 Å². The van der Waals surface area contributed by atoms with Crippen molar-refractivity contribution in [1.29, 1.82) is 0 Å². The number of rotatable bonds is 4. The van der Waals surface area contributed by atoms with Crippen LogP contribution in [-0.4, -0.2) is 29.8 Å². The van der Waals surface area contributed by atoms with E-state index in [4.69, 9.17) is 17.3 Å². The van der Waals surface area contributed by atoms with Crippen LogP contribution in [0.1, 0.15) is 32.7 Å². The van der Waals surface area contributed by atoms with E-state index >= 15 is 0 Å². The van der Waals surface area contributed by atoms with Gasteiger partial charge in [0.15, 0.2) is 0 Å². The molecule has 5 heteroatoms. The quantitative estimate of drug-likeness (QED) is 0.927. The molecule has 1 fully saturated rings. The molecule has 124 valence electrons. The Labute approximate surface area is 146 Å². The van der Waals surface area contributed by atoms with Crippen molar-refractivity contribution in [2.24, 2.45) is 11.7 Å². The number of nitrogens with two attached hydrogens (primary N) is 1. The molecular formula is C19H19ClN2O2. The number of hydrogen-bond donors (Lipinski definition) is 1. The SMILES string of the molecule is NC(=O)c1cccc(CC2CCN(C(=O)c3ccccc3Cl)C2)c1. The first-order valence-electron chi connectivity index (χ1n) is 7.97. The van der Waals surface area contributed by atoms with Crippen LogP contribution in [0.5, 0.6) is 0 Å². The Morgan fingerprint density at radius 3 is 2.71 bits per heavy atom. The molecule has 0 aliphatic carbocycles. The lowest BCUT2D eigenvalue weighted by Crippen LogP contribution is -2.29. The smallest absolute Gasteiger partial charge is 0.255 e. The van der Waals surface area contributed by atoms with Gasteiger partial charge in [0, 0.05) is 18.7 Å². The van der Waals surface area contributed by atoms with Crippen LogP contribution in [0, 0.1) is 5.92 Å². The monoisotopic (exact) mass is 342 g/mol. The van der Waals surface area contributed by atoms with Gasteiger partial charge in [-0.15, -0.1) is 0 Å². The first kappa shape index (κ1) is 16.5. The molecule has 2 amide bonds. The van der Waals surface area contributed by atoms with Gasteiger partial charge in [-0.2, -0.15) is 0 Å². The molecular weight excluding hydrogens is 324 g/mol. The third-order valence-corrected chi connectivity index (χ3v) is 4.74. The summed E-state index contributed by atoms with van der Waals surface area (Å²) in [5, 5.41) is 0.486. The van der Waals surface area contributed by atoms with Gasteiger partial charge >= 0.3 is 0 Å². The van der Waals surface area contributed by atoms with Gasteiger partial charge in [0.2, 0.25) is 5.91 Å². The second-order valence-corrected chi connectivity index (χ2v) is 6.56. The van der Waals surface area contributed by atoms with Gasteiger partial charge in [0.25, 0.3) is 5.91 Å². The molecule has 0 spiro atoms. The third-order valence-electron chi connectivity index (χ3n) is 4.41. The largest absolute Gasteiger partial charge is 0.366 e. The van der Waals surface area contributed by atoms with Crippen molar-refractivity contribution in [3.8, 4) is 0 Å². The van der Waals surface area contributed by atoms with E-state index in [2.05, 4.69) is 0 Å².